The van der Waals surface area contributed by atoms with E-state index in [2.05, 4.69) is 20.9 Å². The third kappa shape index (κ3) is 10.9. The van der Waals surface area contributed by atoms with Crippen molar-refractivity contribution in [2.45, 2.75) is 64.0 Å². The van der Waals surface area contributed by atoms with Crippen LogP contribution in [-0.4, -0.2) is 115 Å². The average molecular weight is 856 g/mol. The molecule has 0 radical (unpaired) electrons. The lowest BCUT2D eigenvalue weighted by Gasteiger charge is -2.27. The summed E-state index contributed by atoms with van der Waals surface area (Å²) in [6.07, 6.45) is 9.21. The molecule has 62 heavy (non-hydrogen) atoms. The summed E-state index contributed by atoms with van der Waals surface area (Å²) in [5, 5.41) is 16.6. The number of anilines is 1. The summed E-state index contributed by atoms with van der Waals surface area (Å²) in [5.41, 5.74) is 2.61. The number of rotatable bonds is 19. The zero-order valence-corrected chi connectivity index (χ0v) is 35.6. The van der Waals surface area contributed by atoms with Crippen LogP contribution in [0.4, 0.5) is 5.82 Å². The van der Waals surface area contributed by atoms with Crippen LogP contribution in [0.3, 0.4) is 0 Å². The number of amides is 5. The van der Waals surface area contributed by atoms with Crippen molar-refractivity contribution in [3.05, 3.63) is 75.8 Å². The van der Waals surface area contributed by atoms with Crippen LogP contribution in [0.1, 0.15) is 77.6 Å². The molecule has 5 amide bonds. The Morgan fingerprint density at radius 2 is 1.58 bits per heavy atom. The molecule has 18 heteroatoms. The van der Waals surface area contributed by atoms with Gasteiger partial charge < -0.3 is 39.4 Å². The molecular weight excluding hydrogens is 803 g/mol. The smallest absolute Gasteiger partial charge is 0.290 e. The first-order chi connectivity index (χ1) is 29.8. The largest absolute Gasteiger partial charge is 0.496 e. The minimum Gasteiger partial charge on any atom is -0.496 e. The van der Waals surface area contributed by atoms with Crippen molar-refractivity contribution in [3.63, 3.8) is 0 Å². The first-order valence-corrected chi connectivity index (χ1v) is 20.3. The number of hydrogen-bond acceptors (Lipinski definition) is 13. The average Bonchev–Trinajstić information content (AvgIpc) is 3.50. The fourth-order valence-corrected chi connectivity index (χ4v) is 7.50. The van der Waals surface area contributed by atoms with E-state index >= 15 is 0 Å². The van der Waals surface area contributed by atoms with Crippen LogP contribution in [0.15, 0.2) is 53.6 Å². The molecule has 2 aliphatic heterocycles. The van der Waals surface area contributed by atoms with Crippen LogP contribution >= 0.6 is 0 Å². The van der Waals surface area contributed by atoms with Gasteiger partial charge in [-0.1, -0.05) is 31.7 Å². The predicted molar refractivity (Wildman–Crippen MR) is 229 cm³/mol. The lowest BCUT2D eigenvalue weighted by atomic mass is 9.98. The first-order valence-electron chi connectivity index (χ1n) is 20.3. The van der Waals surface area contributed by atoms with Gasteiger partial charge in [-0.3, -0.25) is 43.8 Å². The number of nitrogens with zero attached hydrogens (tertiary/aromatic N) is 4. The highest BCUT2D eigenvalue weighted by Gasteiger charge is 2.46. The Morgan fingerprint density at radius 3 is 2.23 bits per heavy atom. The van der Waals surface area contributed by atoms with E-state index in [1.54, 1.807) is 38.1 Å². The molecule has 2 aromatic carbocycles. The molecular formula is C44H53N7O11. The van der Waals surface area contributed by atoms with Gasteiger partial charge in [0.05, 0.1) is 36.3 Å². The summed E-state index contributed by atoms with van der Waals surface area (Å²) < 4.78 is 18.8. The van der Waals surface area contributed by atoms with Gasteiger partial charge in [-0.25, -0.2) is 4.98 Å². The highest BCUT2D eigenvalue weighted by molar-refractivity contribution is 6.24. The van der Waals surface area contributed by atoms with Gasteiger partial charge in [0.15, 0.2) is 6.61 Å². The second-order valence-electron chi connectivity index (χ2n) is 15.1. The maximum absolute atomic E-state index is 13.2. The van der Waals surface area contributed by atoms with Crippen molar-refractivity contribution in [1.82, 2.24) is 30.0 Å². The Kier molecular flexibility index (Phi) is 16.1. The summed E-state index contributed by atoms with van der Waals surface area (Å²) in [6, 6.07) is 9.30. The van der Waals surface area contributed by atoms with E-state index in [4.69, 9.17) is 24.1 Å². The minimum atomic E-state index is -1.09. The lowest BCUT2D eigenvalue weighted by Crippen LogP contribution is -2.54. The topological polar surface area (TPSA) is 228 Å². The van der Waals surface area contributed by atoms with Crippen LogP contribution in [0.25, 0.3) is 21.9 Å². The number of imide groups is 2. The molecule has 1 unspecified atom stereocenters. The number of nitrogens with one attached hydrogen (secondary N) is 3. The molecule has 330 valence electrons. The number of pyridine rings is 2. The van der Waals surface area contributed by atoms with Crippen LogP contribution < -0.4 is 35.7 Å². The number of carbonyl (C=O) groups is 6. The van der Waals surface area contributed by atoms with Crippen molar-refractivity contribution >= 4 is 52.6 Å². The molecule has 0 spiro atoms. The number of unbranched alkanes of at least 4 members (excludes halogenated alkanes) is 5. The van der Waals surface area contributed by atoms with E-state index in [1.165, 1.54) is 12.1 Å². The van der Waals surface area contributed by atoms with Crippen molar-refractivity contribution in [1.29, 1.82) is 0 Å². The van der Waals surface area contributed by atoms with Gasteiger partial charge in [-0.15, -0.1) is 0 Å². The number of piperidine rings is 1. The second-order valence-corrected chi connectivity index (χ2v) is 15.1. The number of carbonyl (C=O) groups excluding carboxylic acids is 5. The van der Waals surface area contributed by atoms with Crippen molar-refractivity contribution in [3.8, 4) is 28.4 Å². The number of aromatic nitrogens is 2. The van der Waals surface area contributed by atoms with E-state index in [-0.39, 0.29) is 54.3 Å². The van der Waals surface area contributed by atoms with Crippen LogP contribution in [0.2, 0.25) is 0 Å². The normalized spacial score (nSPS) is 14.5. The Bertz CT molecular complexity index is 2350. The SMILES string of the molecule is COc1cc(-c2cn(C)c(=O)c3cnc(NCCCCCCCCNC(=O)COc4cccc5c4C(=O)N(C4CCC(=O)NC4=O)C5=O)cc23)cc(OC)c1CN(C)C.O=CO. The van der Waals surface area contributed by atoms with Gasteiger partial charge in [0.25, 0.3) is 29.8 Å². The predicted octanol–water partition coefficient (Wildman–Crippen LogP) is 3.73. The highest BCUT2D eigenvalue weighted by Crippen LogP contribution is 2.38. The number of fused-ring (bicyclic) bond motifs is 2. The molecule has 2 aromatic heterocycles. The van der Waals surface area contributed by atoms with Crippen LogP contribution in [0, 0.1) is 0 Å². The third-order valence-electron chi connectivity index (χ3n) is 10.5. The van der Waals surface area contributed by atoms with E-state index in [0.717, 1.165) is 72.0 Å². The lowest BCUT2D eigenvalue weighted by molar-refractivity contribution is -0.136. The molecule has 1 fully saturated rings. The zero-order valence-electron chi connectivity index (χ0n) is 35.6. The van der Waals surface area contributed by atoms with Gasteiger partial charge in [-0.05, 0) is 69.3 Å². The Labute approximate surface area is 358 Å². The molecule has 0 bridgehead atoms. The molecule has 18 nitrogen and oxygen atoms in total. The maximum Gasteiger partial charge on any atom is 0.290 e. The number of ether oxygens (including phenoxy) is 3. The Morgan fingerprint density at radius 1 is 0.919 bits per heavy atom. The van der Waals surface area contributed by atoms with Crippen molar-refractivity contribution in [2.75, 3.05) is 53.3 Å². The standard InChI is InChI=1S/C43H51N7O9.CH2O2/c1-48(2)23-31-34(57-4)19-26(20-35(31)58-5)30-24-49(3)41(54)29-22-46-36(21-28(29)30)44-17-10-8-6-7-9-11-18-45-38(52)25-59-33-14-12-13-27-39(33)43(56)50(42(27)55)32-15-16-37(51)47-40(32)53;2-1-3/h12-14,19-22,24,32H,6-11,15-18,23,25H2,1-5H3,(H,44,46)(H,45,52)(H,47,51,53);1H,(H,2,3). The molecule has 0 saturated carbocycles. The highest BCUT2D eigenvalue weighted by atomic mass is 16.5. The summed E-state index contributed by atoms with van der Waals surface area (Å²) in [6.45, 7) is 1.23. The van der Waals surface area contributed by atoms with Crippen LogP contribution in [-0.2, 0) is 32.8 Å². The number of hydrogen-bond donors (Lipinski definition) is 4. The summed E-state index contributed by atoms with van der Waals surface area (Å²) >= 11 is 0. The molecule has 1 saturated heterocycles. The Hall–Kier alpha value is -6.82. The summed E-state index contributed by atoms with van der Waals surface area (Å²) in [5.74, 6) is -0.682. The third-order valence-corrected chi connectivity index (χ3v) is 10.5. The number of benzene rings is 2. The van der Waals surface area contributed by atoms with E-state index in [9.17, 15) is 28.8 Å². The molecule has 0 aliphatic carbocycles. The minimum absolute atomic E-state index is 0.000112. The van der Waals surface area contributed by atoms with Gasteiger partial charge in [-0.2, -0.15) is 0 Å². The van der Waals surface area contributed by atoms with E-state index in [0.29, 0.717) is 35.8 Å². The maximum atomic E-state index is 13.2. The van der Waals surface area contributed by atoms with E-state index < -0.39 is 29.7 Å². The van der Waals surface area contributed by atoms with Crippen molar-refractivity contribution < 1.29 is 48.1 Å². The summed E-state index contributed by atoms with van der Waals surface area (Å²) in [7, 11) is 8.98. The molecule has 4 aromatic rings. The molecule has 4 N–H and O–H groups in total. The molecule has 4 heterocycles. The zero-order chi connectivity index (χ0) is 44.9. The summed E-state index contributed by atoms with van der Waals surface area (Å²) in [4.78, 5) is 91.7. The van der Waals surface area contributed by atoms with Crippen molar-refractivity contribution in [2.24, 2.45) is 7.05 Å². The Balaban J connectivity index is 0.00000235. The monoisotopic (exact) mass is 855 g/mol. The fourth-order valence-electron chi connectivity index (χ4n) is 7.50. The quantitative estimate of drug-likeness (QED) is 0.0599. The number of carboxylic acid groups (broad SMARTS) is 1. The number of methoxy groups -OCH3 is 2. The number of aryl methyl sites for hydroxylation is 1. The van der Waals surface area contributed by atoms with Crippen LogP contribution in [0.5, 0.6) is 17.2 Å². The first kappa shape index (κ1) is 46.2. The molecule has 1 atom stereocenters. The second kappa shape index (κ2) is 21.6. The molecule has 6 rings (SSSR count). The van der Waals surface area contributed by atoms with Gasteiger partial charge in [0.2, 0.25) is 11.8 Å². The van der Waals surface area contributed by atoms with Gasteiger partial charge in [0, 0.05) is 56.4 Å². The van der Waals surface area contributed by atoms with Gasteiger partial charge >= 0.3 is 0 Å². The molecule has 2 aliphatic rings. The fraction of sp³-hybridized carbons (Fsp3) is 0.409. The van der Waals surface area contributed by atoms with Gasteiger partial charge in [0.1, 0.15) is 29.1 Å². The van der Waals surface area contributed by atoms with E-state index in [1.807, 2.05) is 43.4 Å².